The number of aliphatic hydroxyl groups excluding tert-OH is 1. The molecule has 0 saturated carbocycles. The molecule has 1 unspecified atom stereocenters. The SMILES string of the molecule is Cc1n[nH]c(C)c1NS(=O)(=O)c1ccc(C(C)O)cc1. The van der Waals surface area contributed by atoms with E-state index in [2.05, 4.69) is 14.9 Å². The zero-order valence-corrected chi connectivity index (χ0v) is 12.3. The Morgan fingerprint density at radius 1 is 1.25 bits per heavy atom. The van der Waals surface area contributed by atoms with Crippen molar-refractivity contribution in [3.05, 3.63) is 41.2 Å². The molecule has 1 atom stereocenters. The lowest BCUT2D eigenvalue weighted by Crippen LogP contribution is -2.14. The van der Waals surface area contributed by atoms with Crippen LogP contribution in [0.5, 0.6) is 0 Å². The van der Waals surface area contributed by atoms with Crippen molar-refractivity contribution in [2.45, 2.75) is 31.8 Å². The van der Waals surface area contributed by atoms with Gasteiger partial charge < -0.3 is 5.11 Å². The maximum absolute atomic E-state index is 12.3. The van der Waals surface area contributed by atoms with Crippen LogP contribution in [0.1, 0.15) is 30.0 Å². The van der Waals surface area contributed by atoms with Crippen LogP contribution in [-0.4, -0.2) is 23.7 Å². The van der Waals surface area contributed by atoms with E-state index in [9.17, 15) is 13.5 Å². The lowest BCUT2D eigenvalue weighted by Gasteiger charge is -2.09. The standard InChI is InChI=1S/C13H17N3O3S/c1-8-13(9(2)15-14-8)16-20(18,19)12-6-4-11(5-7-12)10(3)17/h4-7,10,16-17H,1-3H3,(H,14,15). The first kappa shape index (κ1) is 14.5. The number of H-pyrrole nitrogens is 1. The molecule has 3 N–H and O–H groups in total. The first-order chi connectivity index (χ1) is 9.31. The molecular formula is C13H17N3O3S. The summed E-state index contributed by atoms with van der Waals surface area (Å²) < 4.78 is 27.1. The lowest BCUT2D eigenvalue weighted by molar-refractivity contribution is 0.199. The number of aliphatic hydroxyl groups is 1. The van der Waals surface area contributed by atoms with Crippen LogP contribution in [0.2, 0.25) is 0 Å². The van der Waals surface area contributed by atoms with E-state index in [1.807, 2.05) is 0 Å². The van der Waals surface area contributed by atoms with E-state index in [1.54, 1.807) is 32.9 Å². The molecule has 0 aliphatic heterocycles. The van der Waals surface area contributed by atoms with Crippen LogP contribution < -0.4 is 4.72 Å². The van der Waals surface area contributed by atoms with Gasteiger partial charge in [0.05, 0.1) is 28.1 Å². The van der Waals surface area contributed by atoms with Crippen LogP contribution in [0.4, 0.5) is 5.69 Å². The van der Waals surface area contributed by atoms with Crippen molar-refractivity contribution >= 4 is 15.7 Å². The first-order valence-corrected chi connectivity index (χ1v) is 7.62. The van der Waals surface area contributed by atoms with Gasteiger partial charge in [0.1, 0.15) is 0 Å². The second-order valence-electron chi connectivity index (χ2n) is 4.66. The summed E-state index contributed by atoms with van der Waals surface area (Å²) >= 11 is 0. The number of benzene rings is 1. The highest BCUT2D eigenvalue weighted by molar-refractivity contribution is 7.92. The summed E-state index contributed by atoms with van der Waals surface area (Å²) in [5.41, 5.74) is 2.38. The van der Waals surface area contributed by atoms with Gasteiger partial charge in [0.25, 0.3) is 10.0 Å². The molecule has 0 aliphatic rings. The third-order valence-electron chi connectivity index (χ3n) is 3.04. The van der Waals surface area contributed by atoms with Gasteiger partial charge in [0.15, 0.2) is 0 Å². The van der Waals surface area contributed by atoms with E-state index in [0.717, 1.165) is 0 Å². The van der Waals surface area contributed by atoms with Gasteiger partial charge >= 0.3 is 0 Å². The Hall–Kier alpha value is -1.86. The molecule has 2 rings (SSSR count). The zero-order chi connectivity index (χ0) is 14.9. The van der Waals surface area contributed by atoms with Crippen molar-refractivity contribution in [3.63, 3.8) is 0 Å². The molecule has 0 radical (unpaired) electrons. The second kappa shape index (κ2) is 5.26. The summed E-state index contributed by atoms with van der Waals surface area (Å²) in [6.07, 6.45) is -0.627. The molecule has 20 heavy (non-hydrogen) atoms. The molecule has 0 amide bonds. The second-order valence-corrected chi connectivity index (χ2v) is 6.34. The van der Waals surface area contributed by atoms with E-state index in [1.165, 1.54) is 12.1 Å². The van der Waals surface area contributed by atoms with Crippen LogP contribution in [0.15, 0.2) is 29.2 Å². The Morgan fingerprint density at radius 2 is 1.85 bits per heavy atom. The van der Waals surface area contributed by atoms with Crippen molar-refractivity contribution in [2.24, 2.45) is 0 Å². The Bertz CT molecular complexity index is 683. The van der Waals surface area contributed by atoms with Gasteiger partial charge in [-0.1, -0.05) is 12.1 Å². The Labute approximate surface area is 117 Å². The number of aryl methyl sites for hydroxylation is 2. The maximum Gasteiger partial charge on any atom is 0.262 e. The van der Waals surface area contributed by atoms with Gasteiger partial charge in [-0.25, -0.2) is 8.42 Å². The fourth-order valence-electron chi connectivity index (χ4n) is 1.82. The topological polar surface area (TPSA) is 95.1 Å². The maximum atomic E-state index is 12.3. The number of aromatic nitrogens is 2. The summed E-state index contributed by atoms with van der Waals surface area (Å²) in [5.74, 6) is 0. The molecule has 6 nitrogen and oxygen atoms in total. The number of nitrogens with one attached hydrogen (secondary N) is 2. The van der Waals surface area contributed by atoms with Crippen molar-refractivity contribution in [3.8, 4) is 0 Å². The van der Waals surface area contributed by atoms with Crippen LogP contribution in [0.25, 0.3) is 0 Å². The zero-order valence-electron chi connectivity index (χ0n) is 11.5. The van der Waals surface area contributed by atoms with Gasteiger partial charge in [0.2, 0.25) is 0 Å². The normalized spacial score (nSPS) is 13.2. The number of sulfonamides is 1. The molecule has 0 saturated heterocycles. The molecular weight excluding hydrogens is 278 g/mol. The third-order valence-corrected chi connectivity index (χ3v) is 4.40. The lowest BCUT2D eigenvalue weighted by atomic mass is 10.1. The highest BCUT2D eigenvalue weighted by atomic mass is 32.2. The van der Waals surface area contributed by atoms with Gasteiger partial charge in [-0.15, -0.1) is 0 Å². The number of nitrogens with zero attached hydrogens (tertiary/aromatic N) is 1. The van der Waals surface area contributed by atoms with E-state index in [0.29, 0.717) is 22.6 Å². The molecule has 1 aromatic heterocycles. The summed E-state index contributed by atoms with van der Waals surface area (Å²) in [4.78, 5) is 0.141. The minimum atomic E-state index is -3.66. The summed E-state index contributed by atoms with van der Waals surface area (Å²) in [7, 11) is -3.66. The van der Waals surface area contributed by atoms with Crippen molar-refractivity contribution < 1.29 is 13.5 Å². The van der Waals surface area contributed by atoms with Gasteiger partial charge in [-0.2, -0.15) is 5.10 Å². The average molecular weight is 295 g/mol. The van der Waals surface area contributed by atoms with Crippen molar-refractivity contribution in [1.82, 2.24) is 10.2 Å². The minimum Gasteiger partial charge on any atom is -0.389 e. The van der Waals surface area contributed by atoms with Crippen LogP contribution in [0, 0.1) is 13.8 Å². The smallest absolute Gasteiger partial charge is 0.262 e. The Kier molecular flexibility index (Phi) is 3.82. The molecule has 0 fully saturated rings. The fourth-order valence-corrected chi connectivity index (χ4v) is 3.00. The van der Waals surface area contributed by atoms with Crippen LogP contribution in [-0.2, 0) is 10.0 Å². The number of aromatic amines is 1. The highest BCUT2D eigenvalue weighted by Crippen LogP contribution is 2.22. The van der Waals surface area contributed by atoms with E-state index in [-0.39, 0.29) is 4.90 Å². The predicted molar refractivity (Wildman–Crippen MR) is 75.9 cm³/mol. The van der Waals surface area contributed by atoms with Gasteiger partial charge in [0, 0.05) is 0 Å². The van der Waals surface area contributed by atoms with Crippen molar-refractivity contribution in [2.75, 3.05) is 4.72 Å². The summed E-state index contributed by atoms with van der Waals surface area (Å²) in [5, 5.41) is 16.1. The van der Waals surface area contributed by atoms with E-state index < -0.39 is 16.1 Å². The molecule has 1 heterocycles. The number of hydrogen-bond donors (Lipinski definition) is 3. The first-order valence-electron chi connectivity index (χ1n) is 6.13. The molecule has 7 heteroatoms. The number of anilines is 1. The van der Waals surface area contributed by atoms with Crippen molar-refractivity contribution in [1.29, 1.82) is 0 Å². The fraction of sp³-hybridized carbons (Fsp3) is 0.308. The van der Waals surface area contributed by atoms with Gasteiger partial charge in [-0.3, -0.25) is 9.82 Å². The molecule has 0 spiro atoms. The molecule has 0 aliphatic carbocycles. The summed E-state index contributed by atoms with van der Waals surface area (Å²) in [6.45, 7) is 5.09. The molecule has 0 bridgehead atoms. The van der Waals surface area contributed by atoms with E-state index >= 15 is 0 Å². The van der Waals surface area contributed by atoms with E-state index in [4.69, 9.17) is 0 Å². The Balaban J connectivity index is 2.31. The highest BCUT2D eigenvalue weighted by Gasteiger charge is 2.18. The third kappa shape index (κ3) is 2.83. The number of rotatable bonds is 4. The largest absolute Gasteiger partial charge is 0.389 e. The molecule has 2 aromatic rings. The average Bonchev–Trinajstić information content (AvgIpc) is 2.70. The number of hydrogen-bond acceptors (Lipinski definition) is 4. The molecule has 108 valence electrons. The predicted octanol–water partition coefficient (Wildman–Crippen LogP) is 1.88. The molecule has 1 aromatic carbocycles. The Morgan fingerprint density at radius 3 is 2.30 bits per heavy atom. The summed E-state index contributed by atoms with van der Waals surface area (Å²) in [6, 6.07) is 6.12. The van der Waals surface area contributed by atoms with Crippen LogP contribution >= 0.6 is 0 Å². The van der Waals surface area contributed by atoms with Gasteiger partial charge in [-0.05, 0) is 38.5 Å². The minimum absolute atomic E-state index is 0.141. The quantitative estimate of drug-likeness (QED) is 0.802. The van der Waals surface area contributed by atoms with Crippen LogP contribution in [0.3, 0.4) is 0 Å². The monoisotopic (exact) mass is 295 g/mol.